The fraction of sp³-hybridized carbons (Fsp3) is 0.167. The molecule has 6 nitrogen and oxygen atoms in total. The SMILES string of the molecule is COC(=O)Cc1cccc(COc2ccc(-c3cn[nH]c3)nc2)c1. The molecule has 2 aromatic heterocycles. The lowest BCUT2D eigenvalue weighted by Crippen LogP contribution is -2.05. The van der Waals surface area contributed by atoms with Crippen LogP contribution in [0.5, 0.6) is 5.75 Å². The molecule has 1 aromatic carbocycles. The molecule has 0 aliphatic carbocycles. The highest BCUT2D eigenvalue weighted by atomic mass is 16.5. The number of hydrogen-bond donors (Lipinski definition) is 1. The number of carbonyl (C=O) groups is 1. The monoisotopic (exact) mass is 323 g/mol. The largest absolute Gasteiger partial charge is 0.487 e. The smallest absolute Gasteiger partial charge is 0.309 e. The number of carbonyl (C=O) groups excluding carboxylic acids is 1. The van der Waals surface area contributed by atoms with Gasteiger partial charge in [0.15, 0.2) is 0 Å². The van der Waals surface area contributed by atoms with Crippen molar-refractivity contribution in [1.82, 2.24) is 15.2 Å². The van der Waals surface area contributed by atoms with E-state index in [9.17, 15) is 4.79 Å². The first-order valence-corrected chi connectivity index (χ1v) is 7.47. The van der Waals surface area contributed by atoms with E-state index < -0.39 is 0 Å². The molecule has 0 amide bonds. The van der Waals surface area contributed by atoms with E-state index in [-0.39, 0.29) is 12.4 Å². The van der Waals surface area contributed by atoms with Crippen LogP contribution in [0.25, 0.3) is 11.3 Å². The van der Waals surface area contributed by atoms with Gasteiger partial charge in [-0.25, -0.2) is 0 Å². The quantitative estimate of drug-likeness (QED) is 0.706. The van der Waals surface area contributed by atoms with Crippen LogP contribution < -0.4 is 4.74 Å². The van der Waals surface area contributed by atoms with Crippen LogP contribution in [0.3, 0.4) is 0 Å². The van der Waals surface area contributed by atoms with E-state index in [2.05, 4.69) is 19.9 Å². The summed E-state index contributed by atoms with van der Waals surface area (Å²) < 4.78 is 10.4. The Morgan fingerprint density at radius 1 is 1.17 bits per heavy atom. The van der Waals surface area contributed by atoms with Crippen molar-refractivity contribution in [3.8, 4) is 17.0 Å². The normalized spacial score (nSPS) is 10.4. The van der Waals surface area contributed by atoms with Crippen LogP contribution in [-0.2, 0) is 22.6 Å². The summed E-state index contributed by atoms with van der Waals surface area (Å²) in [6.45, 7) is 0.405. The Morgan fingerprint density at radius 2 is 2.04 bits per heavy atom. The van der Waals surface area contributed by atoms with E-state index in [1.807, 2.05) is 36.4 Å². The number of pyridine rings is 1. The molecule has 0 aliphatic rings. The van der Waals surface area contributed by atoms with Gasteiger partial charge in [0, 0.05) is 11.8 Å². The van der Waals surface area contributed by atoms with Crippen molar-refractivity contribution in [3.63, 3.8) is 0 Å². The van der Waals surface area contributed by atoms with Gasteiger partial charge in [-0.05, 0) is 23.3 Å². The molecule has 0 unspecified atom stereocenters. The number of ether oxygens (including phenoxy) is 2. The molecule has 0 saturated carbocycles. The maximum atomic E-state index is 11.3. The molecule has 1 N–H and O–H groups in total. The second-order valence-electron chi connectivity index (χ2n) is 5.23. The molecule has 3 aromatic rings. The third kappa shape index (κ3) is 3.98. The van der Waals surface area contributed by atoms with E-state index in [1.54, 1.807) is 18.6 Å². The van der Waals surface area contributed by atoms with Crippen LogP contribution in [0, 0.1) is 0 Å². The number of methoxy groups -OCH3 is 1. The third-order valence-corrected chi connectivity index (χ3v) is 3.50. The van der Waals surface area contributed by atoms with E-state index in [0.717, 1.165) is 22.4 Å². The standard InChI is InChI=1S/C18H17N3O3/c1-23-18(22)8-13-3-2-4-14(7-13)12-24-16-5-6-17(19-11-16)15-9-20-21-10-15/h2-7,9-11H,8,12H2,1H3,(H,20,21). The molecule has 2 heterocycles. The maximum Gasteiger partial charge on any atom is 0.309 e. The van der Waals surface area contributed by atoms with Crippen LogP contribution in [0.4, 0.5) is 0 Å². The Labute approximate surface area is 139 Å². The Kier molecular flexibility index (Phi) is 4.86. The Hall–Kier alpha value is -3.15. The van der Waals surface area contributed by atoms with Crippen molar-refractivity contribution in [2.24, 2.45) is 0 Å². The first-order valence-electron chi connectivity index (χ1n) is 7.47. The van der Waals surface area contributed by atoms with Crippen LogP contribution >= 0.6 is 0 Å². The van der Waals surface area contributed by atoms with Crippen molar-refractivity contribution in [2.75, 3.05) is 7.11 Å². The minimum Gasteiger partial charge on any atom is -0.487 e. The molecule has 0 bridgehead atoms. The number of esters is 1. The molecule has 122 valence electrons. The lowest BCUT2D eigenvalue weighted by atomic mass is 10.1. The summed E-state index contributed by atoms with van der Waals surface area (Å²) >= 11 is 0. The number of H-pyrrole nitrogens is 1. The van der Waals surface area contributed by atoms with Gasteiger partial charge in [-0.2, -0.15) is 5.10 Å². The Bertz CT molecular complexity index is 799. The van der Waals surface area contributed by atoms with Crippen molar-refractivity contribution < 1.29 is 14.3 Å². The molecule has 0 saturated heterocycles. The molecule has 0 atom stereocenters. The fourth-order valence-corrected chi connectivity index (χ4v) is 2.26. The number of aromatic amines is 1. The van der Waals surface area contributed by atoms with Gasteiger partial charge in [0.05, 0.1) is 31.6 Å². The summed E-state index contributed by atoms with van der Waals surface area (Å²) in [6.07, 6.45) is 5.44. The van der Waals surface area contributed by atoms with Gasteiger partial charge >= 0.3 is 5.97 Å². The molecule has 0 radical (unpaired) electrons. The molecular weight excluding hydrogens is 306 g/mol. The average molecular weight is 323 g/mol. The zero-order chi connectivity index (χ0) is 16.8. The minimum absolute atomic E-state index is 0.255. The van der Waals surface area contributed by atoms with E-state index in [4.69, 9.17) is 4.74 Å². The zero-order valence-corrected chi connectivity index (χ0v) is 13.2. The lowest BCUT2D eigenvalue weighted by Gasteiger charge is -2.08. The second kappa shape index (κ2) is 7.41. The zero-order valence-electron chi connectivity index (χ0n) is 13.2. The van der Waals surface area contributed by atoms with Crippen molar-refractivity contribution in [1.29, 1.82) is 0 Å². The molecule has 0 fully saturated rings. The molecule has 24 heavy (non-hydrogen) atoms. The highest BCUT2D eigenvalue weighted by Crippen LogP contribution is 2.19. The summed E-state index contributed by atoms with van der Waals surface area (Å²) in [5, 5.41) is 6.66. The van der Waals surface area contributed by atoms with Crippen LogP contribution in [0.1, 0.15) is 11.1 Å². The first-order chi connectivity index (χ1) is 11.7. The Morgan fingerprint density at radius 3 is 2.75 bits per heavy atom. The number of aromatic nitrogens is 3. The number of hydrogen-bond acceptors (Lipinski definition) is 5. The Balaban J connectivity index is 1.61. The summed E-state index contributed by atoms with van der Waals surface area (Å²) in [7, 11) is 1.38. The van der Waals surface area contributed by atoms with Gasteiger partial charge in [-0.15, -0.1) is 0 Å². The predicted octanol–water partition coefficient (Wildman–Crippen LogP) is 2.77. The molecule has 6 heteroatoms. The van der Waals surface area contributed by atoms with Gasteiger partial charge < -0.3 is 9.47 Å². The summed E-state index contributed by atoms with van der Waals surface area (Å²) in [4.78, 5) is 15.7. The van der Waals surface area contributed by atoms with Gasteiger partial charge in [-0.1, -0.05) is 24.3 Å². The van der Waals surface area contributed by atoms with E-state index in [1.165, 1.54) is 7.11 Å². The molecule has 3 rings (SSSR count). The van der Waals surface area contributed by atoms with Gasteiger partial charge in [-0.3, -0.25) is 14.9 Å². The van der Waals surface area contributed by atoms with Crippen molar-refractivity contribution in [3.05, 3.63) is 66.1 Å². The maximum absolute atomic E-state index is 11.3. The molecule has 0 aliphatic heterocycles. The summed E-state index contributed by atoms with van der Waals surface area (Å²) in [5.74, 6) is 0.424. The second-order valence-corrected chi connectivity index (χ2v) is 5.23. The highest BCUT2D eigenvalue weighted by molar-refractivity contribution is 5.72. The summed E-state index contributed by atoms with van der Waals surface area (Å²) in [6, 6.07) is 11.4. The van der Waals surface area contributed by atoms with Crippen LogP contribution in [0.15, 0.2) is 55.0 Å². The van der Waals surface area contributed by atoms with E-state index in [0.29, 0.717) is 12.4 Å². The first kappa shape index (κ1) is 15.7. The number of nitrogens with one attached hydrogen (secondary N) is 1. The number of rotatable bonds is 6. The average Bonchev–Trinajstić information content (AvgIpc) is 3.15. The fourth-order valence-electron chi connectivity index (χ4n) is 2.26. The third-order valence-electron chi connectivity index (χ3n) is 3.50. The van der Waals surface area contributed by atoms with Gasteiger partial charge in [0.2, 0.25) is 0 Å². The van der Waals surface area contributed by atoms with Crippen molar-refractivity contribution in [2.45, 2.75) is 13.0 Å². The van der Waals surface area contributed by atoms with Crippen LogP contribution in [0.2, 0.25) is 0 Å². The lowest BCUT2D eigenvalue weighted by molar-refractivity contribution is -0.139. The predicted molar refractivity (Wildman–Crippen MR) is 88.3 cm³/mol. The molecule has 0 spiro atoms. The molecular formula is C18H17N3O3. The highest BCUT2D eigenvalue weighted by Gasteiger charge is 2.05. The number of nitrogens with zero attached hydrogens (tertiary/aromatic N) is 2. The van der Waals surface area contributed by atoms with Gasteiger partial charge in [0.25, 0.3) is 0 Å². The van der Waals surface area contributed by atoms with Crippen molar-refractivity contribution >= 4 is 5.97 Å². The van der Waals surface area contributed by atoms with E-state index >= 15 is 0 Å². The minimum atomic E-state index is -0.257. The topological polar surface area (TPSA) is 77.1 Å². The summed E-state index contributed by atoms with van der Waals surface area (Å²) in [5.41, 5.74) is 3.64. The number of benzene rings is 1. The van der Waals surface area contributed by atoms with Gasteiger partial charge in [0.1, 0.15) is 12.4 Å². The van der Waals surface area contributed by atoms with Crippen LogP contribution in [-0.4, -0.2) is 28.3 Å².